The van der Waals surface area contributed by atoms with E-state index in [1.165, 1.54) is 31.2 Å². The van der Waals surface area contributed by atoms with Crippen LogP contribution in [0.25, 0.3) is 0 Å². The maximum absolute atomic E-state index is 5.78. The largest absolute Gasteiger partial charge is 0.493 e. The molecule has 0 aliphatic carbocycles. The quantitative estimate of drug-likeness (QED) is 0.545. The summed E-state index contributed by atoms with van der Waals surface area (Å²) in [7, 11) is 0. The number of aryl methyl sites for hydroxylation is 1. The molecule has 0 saturated heterocycles. The van der Waals surface area contributed by atoms with Crippen molar-refractivity contribution in [1.82, 2.24) is 0 Å². The average Bonchev–Trinajstić information content (AvgIpc) is 2.39. The summed E-state index contributed by atoms with van der Waals surface area (Å²) in [4.78, 5) is 0. The molecule has 2 heteroatoms. The highest BCUT2D eigenvalue weighted by Crippen LogP contribution is 2.23. The molecule has 0 bridgehead atoms. The molecule has 1 aromatic carbocycles. The van der Waals surface area contributed by atoms with Crippen molar-refractivity contribution in [2.24, 2.45) is 0 Å². The van der Waals surface area contributed by atoms with Crippen molar-refractivity contribution in [3.05, 3.63) is 23.8 Å². The molecule has 0 aliphatic heterocycles. The molecule has 19 heavy (non-hydrogen) atoms. The summed E-state index contributed by atoms with van der Waals surface area (Å²) < 4.78 is 11.6. The maximum atomic E-state index is 5.78. The summed E-state index contributed by atoms with van der Waals surface area (Å²) in [6.45, 7) is 8.08. The van der Waals surface area contributed by atoms with E-state index in [4.69, 9.17) is 9.47 Å². The second-order valence-electron chi connectivity index (χ2n) is 5.09. The Kier molecular flexibility index (Phi) is 8.11. The summed E-state index contributed by atoms with van der Waals surface area (Å²) in [5, 5.41) is 0. The Labute approximate surface area is 118 Å². The molecule has 0 amide bonds. The lowest BCUT2D eigenvalue weighted by atomic mass is 10.2. The van der Waals surface area contributed by atoms with Crippen LogP contribution in [0, 0.1) is 6.92 Å². The highest BCUT2D eigenvalue weighted by atomic mass is 16.5. The third-order valence-electron chi connectivity index (χ3n) is 3.06. The van der Waals surface area contributed by atoms with Gasteiger partial charge in [-0.15, -0.1) is 0 Å². The van der Waals surface area contributed by atoms with Crippen molar-refractivity contribution >= 4 is 0 Å². The van der Waals surface area contributed by atoms with Crippen LogP contribution >= 0.6 is 0 Å². The molecule has 0 aliphatic rings. The van der Waals surface area contributed by atoms with Crippen molar-refractivity contribution in [2.45, 2.75) is 59.3 Å². The zero-order valence-corrected chi connectivity index (χ0v) is 12.7. The lowest BCUT2D eigenvalue weighted by Gasteiger charge is -2.11. The van der Waals surface area contributed by atoms with Gasteiger partial charge >= 0.3 is 0 Å². The lowest BCUT2D eigenvalue weighted by Crippen LogP contribution is -2.00. The van der Waals surface area contributed by atoms with Crippen LogP contribution in [0.2, 0.25) is 0 Å². The lowest BCUT2D eigenvalue weighted by molar-refractivity contribution is 0.291. The molecule has 1 aromatic rings. The monoisotopic (exact) mass is 264 g/mol. The molecule has 0 heterocycles. The fraction of sp³-hybridized carbons (Fsp3) is 0.647. The van der Waals surface area contributed by atoms with Gasteiger partial charge < -0.3 is 9.47 Å². The van der Waals surface area contributed by atoms with Gasteiger partial charge in [0.05, 0.1) is 13.2 Å². The van der Waals surface area contributed by atoms with Gasteiger partial charge in [-0.05, 0) is 37.5 Å². The summed E-state index contributed by atoms with van der Waals surface area (Å²) in [5.41, 5.74) is 1.19. The van der Waals surface area contributed by atoms with Crippen molar-refractivity contribution in [2.75, 3.05) is 13.2 Å². The van der Waals surface area contributed by atoms with E-state index < -0.39 is 0 Å². The van der Waals surface area contributed by atoms with Crippen LogP contribution < -0.4 is 9.47 Å². The second-order valence-corrected chi connectivity index (χ2v) is 5.09. The predicted octanol–water partition coefficient (Wildman–Crippen LogP) is 5.13. The molecule has 0 saturated carbocycles. The van der Waals surface area contributed by atoms with E-state index in [9.17, 15) is 0 Å². The summed E-state index contributed by atoms with van der Waals surface area (Å²) in [6.07, 6.45) is 7.15. The Morgan fingerprint density at radius 3 is 1.63 bits per heavy atom. The van der Waals surface area contributed by atoms with Gasteiger partial charge in [0.1, 0.15) is 11.5 Å². The van der Waals surface area contributed by atoms with Gasteiger partial charge in [-0.2, -0.15) is 0 Å². The molecule has 0 radical (unpaired) electrons. The third-order valence-corrected chi connectivity index (χ3v) is 3.06. The highest BCUT2D eigenvalue weighted by Gasteiger charge is 2.01. The third kappa shape index (κ3) is 7.09. The van der Waals surface area contributed by atoms with Crippen LogP contribution in [0.4, 0.5) is 0 Å². The Hall–Kier alpha value is -1.18. The van der Waals surface area contributed by atoms with Crippen molar-refractivity contribution < 1.29 is 9.47 Å². The number of benzene rings is 1. The van der Waals surface area contributed by atoms with E-state index in [0.29, 0.717) is 0 Å². The summed E-state index contributed by atoms with van der Waals surface area (Å²) >= 11 is 0. The number of ether oxygens (including phenoxy) is 2. The Morgan fingerprint density at radius 2 is 1.21 bits per heavy atom. The van der Waals surface area contributed by atoms with Gasteiger partial charge in [-0.1, -0.05) is 39.5 Å². The van der Waals surface area contributed by atoms with E-state index in [2.05, 4.69) is 32.9 Å². The number of hydrogen-bond donors (Lipinski definition) is 0. The maximum Gasteiger partial charge on any atom is 0.123 e. The average molecular weight is 264 g/mol. The summed E-state index contributed by atoms with van der Waals surface area (Å²) in [6, 6.07) is 6.15. The molecule has 0 atom stereocenters. The fourth-order valence-electron chi connectivity index (χ4n) is 1.96. The van der Waals surface area contributed by atoms with Crippen molar-refractivity contribution in [1.29, 1.82) is 0 Å². The normalized spacial score (nSPS) is 10.5. The first-order valence-corrected chi connectivity index (χ1v) is 7.63. The van der Waals surface area contributed by atoms with Gasteiger partial charge in [0.2, 0.25) is 0 Å². The zero-order chi connectivity index (χ0) is 13.9. The molecule has 108 valence electrons. The van der Waals surface area contributed by atoms with Gasteiger partial charge in [-0.25, -0.2) is 0 Å². The Morgan fingerprint density at radius 1 is 0.737 bits per heavy atom. The first kappa shape index (κ1) is 15.9. The standard InChI is InChI=1S/C17H28O2/c1-4-6-8-10-18-16-12-15(3)13-17(14-16)19-11-9-7-5-2/h12-14H,4-11H2,1-3H3. The molecule has 0 aromatic heterocycles. The van der Waals surface area contributed by atoms with E-state index in [-0.39, 0.29) is 0 Å². The van der Waals surface area contributed by atoms with E-state index in [0.717, 1.165) is 37.6 Å². The number of rotatable bonds is 10. The van der Waals surface area contributed by atoms with E-state index >= 15 is 0 Å². The zero-order valence-electron chi connectivity index (χ0n) is 12.7. The molecule has 0 N–H and O–H groups in total. The van der Waals surface area contributed by atoms with Gasteiger partial charge in [-0.3, -0.25) is 0 Å². The van der Waals surface area contributed by atoms with Crippen LogP contribution in [-0.4, -0.2) is 13.2 Å². The summed E-state index contributed by atoms with van der Waals surface area (Å²) in [5.74, 6) is 1.86. The SMILES string of the molecule is CCCCCOc1cc(C)cc(OCCCCC)c1. The predicted molar refractivity (Wildman–Crippen MR) is 81.2 cm³/mol. The van der Waals surface area contributed by atoms with Gasteiger partial charge in [0, 0.05) is 6.07 Å². The topological polar surface area (TPSA) is 18.5 Å². The first-order valence-electron chi connectivity index (χ1n) is 7.63. The Bertz CT molecular complexity index is 317. The minimum absolute atomic E-state index is 0.798. The first-order chi connectivity index (χ1) is 9.26. The van der Waals surface area contributed by atoms with Crippen LogP contribution in [0.15, 0.2) is 18.2 Å². The van der Waals surface area contributed by atoms with Crippen LogP contribution in [0.3, 0.4) is 0 Å². The van der Waals surface area contributed by atoms with Crippen LogP contribution in [-0.2, 0) is 0 Å². The Balaban J connectivity index is 2.41. The second kappa shape index (κ2) is 9.71. The minimum Gasteiger partial charge on any atom is -0.493 e. The van der Waals surface area contributed by atoms with Gasteiger partial charge in [0.15, 0.2) is 0 Å². The molecule has 0 unspecified atom stereocenters. The molecule has 2 nitrogen and oxygen atoms in total. The molecule has 0 fully saturated rings. The molecular formula is C17H28O2. The number of hydrogen-bond acceptors (Lipinski definition) is 2. The smallest absolute Gasteiger partial charge is 0.123 e. The van der Waals surface area contributed by atoms with Gasteiger partial charge in [0.25, 0.3) is 0 Å². The highest BCUT2D eigenvalue weighted by molar-refractivity contribution is 5.37. The van der Waals surface area contributed by atoms with E-state index in [1.807, 2.05) is 6.07 Å². The fourth-order valence-corrected chi connectivity index (χ4v) is 1.96. The number of unbranched alkanes of at least 4 members (excludes halogenated alkanes) is 4. The van der Waals surface area contributed by atoms with Crippen LogP contribution in [0.1, 0.15) is 57.9 Å². The minimum atomic E-state index is 0.798. The van der Waals surface area contributed by atoms with Crippen molar-refractivity contribution in [3.8, 4) is 11.5 Å². The van der Waals surface area contributed by atoms with Crippen LogP contribution in [0.5, 0.6) is 11.5 Å². The van der Waals surface area contributed by atoms with Crippen molar-refractivity contribution in [3.63, 3.8) is 0 Å². The molecule has 0 spiro atoms. The molecular weight excluding hydrogens is 236 g/mol. The van der Waals surface area contributed by atoms with E-state index in [1.54, 1.807) is 0 Å². The molecule has 1 rings (SSSR count).